The topological polar surface area (TPSA) is 48.1 Å². The fourth-order valence-electron chi connectivity index (χ4n) is 1.66. The second kappa shape index (κ2) is 3.75. The molecule has 1 unspecified atom stereocenters. The van der Waals surface area contributed by atoms with Crippen molar-refractivity contribution >= 4 is 5.69 Å². The van der Waals surface area contributed by atoms with Crippen molar-refractivity contribution in [1.29, 1.82) is 0 Å². The molecular weight excluding hydrogens is 164 g/mol. The lowest BCUT2D eigenvalue weighted by atomic mass is 10.0. The van der Waals surface area contributed by atoms with Crippen molar-refractivity contribution in [3.8, 4) is 0 Å². The van der Waals surface area contributed by atoms with E-state index in [9.17, 15) is 0 Å². The number of ether oxygens (including phenoxy) is 1. The van der Waals surface area contributed by atoms with Gasteiger partial charge in [0.25, 0.3) is 0 Å². The van der Waals surface area contributed by atoms with Gasteiger partial charge in [0.05, 0.1) is 11.4 Å². The molecule has 0 amide bonds. The summed E-state index contributed by atoms with van der Waals surface area (Å²) in [6.07, 6.45) is 5.30. The van der Waals surface area contributed by atoms with Gasteiger partial charge in [-0.2, -0.15) is 0 Å². The molecule has 0 radical (unpaired) electrons. The minimum absolute atomic E-state index is 0.120. The quantitative estimate of drug-likeness (QED) is 0.714. The average molecular weight is 178 g/mol. The van der Waals surface area contributed by atoms with Crippen LogP contribution < -0.4 is 5.73 Å². The molecule has 1 aromatic heterocycles. The highest BCUT2D eigenvalue weighted by Crippen LogP contribution is 2.29. The van der Waals surface area contributed by atoms with Crippen LogP contribution in [0.4, 0.5) is 5.69 Å². The van der Waals surface area contributed by atoms with Crippen LogP contribution in [0.3, 0.4) is 0 Å². The molecule has 1 atom stereocenters. The maximum absolute atomic E-state index is 5.81. The molecule has 2 N–H and O–H groups in total. The number of pyridine rings is 1. The monoisotopic (exact) mass is 178 g/mol. The summed E-state index contributed by atoms with van der Waals surface area (Å²) in [7, 11) is 0. The van der Waals surface area contributed by atoms with Crippen molar-refractivity contribution < 1.29 is 4.74 Å². The Morgan fingerprint density at radius 2 is 2.38 bits per heavy atom. The highest BCUT2D eigenvalue weighted by molar-refractivity contribution is 5.43. The lowest BCUT2D eigenvalue weighted by molar-refractivity contribution is 0.0128. The molecule has 1 saturated heterocycles. The molecule has 1 aromatic rings. The van der Waals surface area contributed by atoms with Gasteiger partial charge in [0.2, 0.25) is 0 Å². The summed E-state index contributed by atoms with van der Waals surface area (Å²) in [5.41, 5.74) is 7.46. The SMILES string of the molecule is Nc1cccnc1C1CCCCO1. The largest absolute Gasteiger partial charge is 0.397 e. The van der Waals surface area contributed by atoms with Crippen LogP contribution in [0.15, 0.2) is 18.3 Å². The standard InChI is InChI=1S/C10H14N2O/c11-8-4-3-6-12-10(8)9-5-1-2-7-13-9/h3-4,6,9H,1-2,5,7,11H2. The second-order valence-electron chi connectivity index (χ2n) is 3.33. The Morgan fingerprint density at radius 1 is 1.46 bits per heavy atom. The molecule has 1 fully saturated rings. The number of anilines is 1. The Balaban J connectivity index is 2.18. The number of aromatic nitrogens is 1. The third kappa shape index (κ3) is 1.80. The molecule has 1 aliphatic heterocycles. The summed E-state index contributed by atoms with van der Waals surface area (Å²) in [6, 6.07) is 3.72. The van der Waals surface area contributed by atoms with E-state index in [-0.39, 0.29) is 6.10 Å². The van der Waals surface area contributed by atoms with E-state index in [0.29, 0.717) is 0 Å². The predicted octanol–water partition coefficient (Wildman–Crippen LogP) is 1.91. The summed E-state index contributed by atoms with van der Waals surface area (Å²) in [6.45, 7) is 0.834. The van der Waals surface area contributed by atoms with E-state index in [1.54, 1.807) is 6.20 Å². The van der Waals surface area contributed by atoms with E-state index in [1.807, 2.05) is 12.1 Å². The molecule has 0 spiro atoms. The van der Waals surface area contributed by atoms with Gasteiger partial charge in [-0.1, -0.05) is 0 Å². The summed E-state index contributed by atoms with van der Waals surface area (Å²) in [5, 5.41) is 0. The van der Waals surface area contributed by atoms with Crippen LogP contribution in [0.5, 0.6) is 0 Å². The fourth-order valence-corrected chi connectivity index (χ4v) is 1.66. The van der Waals surface area contributed by atoms with Crippen LogP contribution in [0, 0.1) is 0 Å². The van der Waals surface area contributed by atoms with Gasteiger partial charge in [-0.05, 0) is 31.4 Å². The first-order valence-electron chi connectivity index (χ1n) is 4.70. The van der Waals surface area contributed by atoms with Crippen molar-refractivity contribution in [3.05, 3.63) is 24.0 Å². The molecule has 13 heavy (non-hydrogen) atoms. The minimum Gasteiger partial charge on any atom is -0.397 e. The first-order valence-corrected chi connectivity index (χ1v) is 4.70. The van der Waals surface area contributed by atoms with Gasteiger partial charge in [-0.15, -0.1) is 0 Å². The van der Waals surface area contributed by atoms with Crippen LogP contribution >= 0.6 is 0 Å². The summed E-state index contributed by atoms with van der Waals surface area (Å²) in [4.78, 5) is 4.25. The number of nitrogens with two attached hydrogens (primary N) is 1. The Hall–Kier alpha value is -1.09. The molecule has 1 aliphatic rings. The molecule has 70 valence electrons. The van der Waals surface area contributed by atoms with Crippen molar-refractivity contribution in [1.82, 2.24) is 4.98 Å². The number of rotatable bonds is 1. The minimum atomic E-state index is 0.120. The lowest BCUT2D eigenvalue weighted by Crippen LogP contribution is -2.14. The third-order valence-corrected chi connectivity index (χ3v) is 2.36. The number of nitrogen functional groups attached to an aromatic ring is 1. The molecule has 3 nitrogen and oxygen atoms in total. The molecular formula is C10H14N2O. The molecule has 0 saturated carbocycles. The molecule has 2 heterocycles. The maximum Gasteiger partial charge on any atom is 0.101 e. The van der Waals surface area contributed by atoms with Gasteiger partial charge in [0.1, 0.15) is 6.10 Å². The second-order valence-corrected chi connectivity index (χ2v) is 3.33. The fraction of sp³-hybridized carbons (Fsp3) is 0.500. The number of hydrogen-bond donors (Lipinski definition) is 1. The maximum atomic E-state index is 5.81. The zero-order valence-corrected chi connectivity index (χ0v) is 7.57. The van der Waals surface area contributed by atoms with Gasteiger partial charge < -0.3 is 10.5 Å². The van der Waals surface area contributed by atoms with Gasteiger partial charge in [0, 0.05) is 12.8 Å². The van der Waals surface area contributed by atoms with Crippen molar-refractivity contribution in [3.63, 3.8) is 0 Å². The Bertz CT molecular complexity index is 282. The van der Waals surface area contributed by atoms with Gasteiger partial charge >= 0.3 is 0 Å². The highest BCUT2D eigenvalue weighted by atomic mass is 16.5. The average Bonchev–Trinajstić information content (AvgIpc) is 2.20. The molecule has 2 rings (SSSR count). The van der Waals surface area contributed by atoms with E-state index in [1.165, 1.54) is 6.42 Å². The number of nitrogens with zero attached hydrogens (tertiary/aromatic N) is 1. The van der Waals surface area contributed by atoms with Gasteiger partial charge in [-0.25, -0.2) is 0 Å². The zero-order chi connectivity index (χ0) is 9.10. The third-order valence-electron chi connectivity index (χ3n) is 2.36. The summed E-state index contributed by atoms with van der Waals surface area (Å²) < 4.78 is 5.60. The molecule has 3 heteroatoms. The van der Waals surface area contributed by atoms with Crippen LogP contribution in [0.25, 0.3) is 0 Å². The van der Waals surface area contributed by atoms with Crippen LogP contribution in [0.2, 0.25) is 0 Å². The van der Waals surface area contributed by atoms with Gasteiger partial charge in [-0.3, -0.25) is 4.98 Å². The number of hydrogen-bond acceptors (Lipinski definition) is 3. The van der Waals surface area contributed by atoms with Crippen molar-refractivity contribution in [2.24, 2.45) is 0 Å². The molecule has 0 aliphatic carbocycles. The molecule has 0 aromatic carbocycles. The van der Waals surface area contributed by atoms with Crippen molar-refractivity contribution in [2.75, 3.05) is 12.3 Å². The van der Waals surface area contributed by atoms with Crippen LogP contribution in [-0.2, 0) is 4.74 Å². The van der Waals surface area contributed by atoms with Gasteiger partial charge in [0.15, 0.2) is 0 Å². The first-order chi connectivity index (χ1) is 6.38. The van der Waals surface area contributed by atoms with Crippen molar-refractivity contribution in [2.45, 2.75) is 25.4 Å². The molecule has 0 bridgehead atoms. The van der Waals surface area contributed by atoms with E-state index >= 15 is 0 Å². The Kier molecular flexibility index (Phi) is 2.45. The van der Waals surface area contributed by atoms with E-state index < -0.39 is 0 Å². The van der Waals surface area contributed by atoms with E-state index in [4.69, 9.17) is 10.5 Å². The Morgan fingerprint density at radius 3 is 3.08 bits per heavy atom. The zero-order valence-electron chi connectivity index (χ0n) is 7.57. The first kappa shape index (κ1) is 8.51. The highest BCUT2D eigenvalue weighted by Gasteiger charge is 2.18. The van der Waals surface area contributed by atoms with Crippen LogP contribution in [0.1, 0.15) is 31.1 Å². The smallest absolute Gasteiger partial charge is 0.101 e. The van der Waals surface area contributed by atoms with E-state index in [0.717, 1.165) is 30.8 Å². The summed E-state index contributed by atoms with van der Waals surface area (Å²) >= 11 is 0. The normalized spacial score (nSPS) is 22.9. The summed E-state index contributed by atoms with van der Waals surface area (Å²) in [5.74, 6) is 0. The predicted molar refractivity (Wildman–Crippen MR) is 51.2 cm³/mol. The van der Waals surface area contributed by atoms with E-state index in [2.05, 4.69) is 4.98 Å². The lowest BCUT2D eigenvalue weighted by Gasteiger charge is -2.22. The van der Waals surface area contributed by atoms with Crippen LogP contribution in [-0.4, -0.2) is 11.6 Å². The Labute approximate surface area is 77.9 Å².